The Kier molecular flexibility index (Phi) is 5.08. The molecule has 2 N–H and O–H groups in total. The van der Waals surface area contributed by atoms with Crippen LogP contribution in [0.25, 0.3) is 0 Å². The number of ether oxygens (including phenoxy) is 1. The minimum atomic E-state index is -1.15. The van der Waals surface area contributed by atoms with Gasteiger partial charge in [0.15, 0.2) is 5.75 Å². The molecule has 2 aromatic rings. The van der Waals surface area contributed by atoms with Gasteiger partial charge in [-0.2, -0.15) is 0 Å². The second-order valence-electron chi connectivity index (χ2n) is 5.28. The number of nitrogens with zero attached hydrogens (tertiary/aromatic N) is 1. The Hall–Kier alpha value is -2.31. The number of anilines is 1. The molecule has 0 heterocycles. The average molecular weight is 337 g/mol. The van der Waals surface area contributed by atoms with E-state index >= 15 is 0 Å². The lowest BCUT2D eigenvalue weighted by Crippen LogP contribution is -2.30. The maximum Gasteiger partial charge on any atom is 0.311 e. The van der Waals surface area contributed by atoms with Crippen molar-refractivity contribution in [2.24, 2.45) is 0 Å². The van der Waals surface area contributed by atoms with Crippen LogP contribution < -0.4 is 10.1 Å². The van der Waals surface area contributed by atoms with Gasteiger partial charge in [-0.3, -0.25) is 10.1 Å². The van der Waals surface area contributed by atoms with Crippen molar-refractivity contribution in [3.8, 4) is 5.75 Å². The SMILES string of the molecule is COc1cc(NCC(C)(O)c2cccc(Cl)c2)ccc1[N+](=O)[O-]. The Balaban J connectivity index is 2.15. The lowest BCUT2D eigenvalue weighted by molar-refractivity contribution is -0.385. The highest BCUT2D eigenvalue weighted by Gasteiger charge is 2.23. The van der Waals surface area contributed by atoms with E-state index < -0.39 is 10.5 Å². The fraction of sp³-hybridized carbons (Fsp3) is 0.250. The van der Waals surface area contributed by atoms with E-state index in [1.165, 1.54) is 19.2 Å². The smallest absolute Gasteiger partial charge is 0.311 e. The number of hydrogen-bond acceptors (Lipinski definition) is 5. The molecular weight excluding hydrogens is 320 g/mol. The summed E-state index contributed by atoms with van der Waals surface area (Å²) in [5.74, 6) is 0.155. The molecule has 23 heavy (non-hydrogen) atoms. The number of nitro benzene ring substituents is 1. The third-order valence-electron chi connectivity index (χ3n) is 3.46. The quantitative estimate of drug-likeness (QED) is 0.622. The van der Waals surface area contributed by atoms with Gasteiger partial charge in [-0.1, -0.05) is 23.7 Å². The van der Waals surface area contributed by atoms with Gasteiger partial charge in [-0.15, -0.1) is 0 Å². The number of aliphatic hydroxyl groups is 1. The van der Waals surface area contributed by atoms with Gasteiger partial charge in [0.2, 0.25) is 0 Å². The lowest BCUT2D eigenvalue weighted by Gasteiger charge is -2.25. The van der Waals surface area contributed by atoms with E-state index in [0.29, 0.717) is 16.3 Å². The van der Waals surface area contributed by atoms with E-state index in [-0.39, 0.29) is 18.0 Å². The Morgan fingerprint density at radius 3 is 2.70 bits per heavy atom. The second kappa shape index (κ2) is 6.85. The monoisotopic (exact) mass is 336 g/mol. The van der Waals surface area contributed by atoms with Gasteiger partial charge < -0.3 is 15.2 Å². The van der Waals surface area contributed by atoms with Crippen LogP contribution in [0.1, 0.15) is 12.5 Å². The maximum atomic E-state index is 10.9. The number of nitrogens with one attached hydrogen (secondary N) is 1. The molecule has 2 rings (SSSR count). The summed E-state index contributed by atoms with van der Waals surface area (Å²) in [6.07, 6.45) is 0. The molecule has 0 amide bonds. The fourth-order valence-corrected chi connectivity index (χ4v) is 2.33. The minimum absolute atomic E-state index is 0.111. The lowest BCUT2D eigenvalue weighted by atomic mass is 9.96. The fourth-order valence-electron chi connectivity index (χ4n) is 2.14. The van der Waals surface area contributed by atoms with Crippen LogP contribution in [0, 0.1) is 10.1 Å². The molecule has 2 aromatic carbocycles. The van der Waals surface area contributed by atoms with Crippen LogP contribution in [0.5, 0.6) is 5.75 Å². The summed E-state index contributed by atoms with van der Waals surface area (Å²) in [5, 5.41) is 25.0. The summed E-state index contributed by atoms with van der Waals surface area (Å²) < 4.78 is 5.02. The molecule has 6 nitrogen and oxygen atoms in total. The van der Waals surface area contributed by atoms with Gasteiger partial charge in [0.1, 0.15) is 5.60 Å². The average Bonchev–Trinajstić information content (AvgIpc) is 2.52. The van der Waals surface area contributed by atoms with E-state index in [1.54, 1.807) is 37.3 Å². The number of methoxy groups -OCH3 is 1. The third-order valence-corrected chi connectivity index (χ3v) is 3.69. The van der Waals surface area contributed by atoms with Gasteiger partial charge in [0, 0.05) is 29.4 Å². The minimum Gasteiger partial charge on any atom is -0.490 e. The molecular formula is C16H17ClN2O4. The molecule has 0 radical (unpaired) electrons. The first-order chi connectivity index (χ1) is 10.8. The molecule has 7 heteroatoms. The van der Waals surface area contributed by atoms with E-state index in [1.807, 2.05) is 0 Å². The first-order valence-electron chi connectivity index (χ1n) is 6.88. The van der Waals surface area contributed by atoms with E-state index in [9.17, 15) is 15.2 Å². The van der Waals surface area contributed by atoms with Gasteiger partial charge in [0.25, 0.3) is 0 Å². The molecule has 0 aliphatic rings. The molecule has 1 atom stereocenters. The summed E-state index contributed by atoms with van der Waals surface area (Å²) in [7, 11) is 1.37. The van der Waals surface area contributed by atoms with Crippen molar-refractivity contribution in [3.05, 3.63) is 63.2 Å². The molecule has 0 aromatic heterocycles. The van der Waals surface area contributed by atoms with Crippen molar-refractivity contribution in [1.82, 2.24) is 0 Å². The highest BCUT2D eigenvalue weighted by Crippen LogP contribution is 2.30. The van der Waals surface area contributed by atoms with Gasteiger partial charge in [0.05, 0.1) is 12.0 Å². The third kappa shape index (κ3) is 4.12. The zero-order valence-electron chi connectivity index (χ0n) is 12.7. The predicted octanol–water partition coefficient (Wildman–Crippen LogP) is 3.58. The van der Waals surface area contributed by atoms with Gasteiger partial charge in [-0.05, 0) is 30.7 Å². The molecule has 1 unspecified atom stereocenters. The standard InChI is InChI=1S/C16H17ClN2O4/c1-16(20,11-4-3-5-12(17)8-11)10-18-13-6-7-14(19(21)22)15(9-13)23-2/h3-9,18,20H,10H2,1-2H3. The molecule has 0 fully saturated rings. The van der Waals surface area contributed by atoms with Crippen LogP contribution in [0.3, 0.4) is 0 Å². The Morgan fingerprint density at radius 1 is 1.35 bits per heavy atom. The highest BCUT2D eigenvalue weighted by molar-refractivity contribution is 6.30. The summed E-state index contributed by atoms with van der Waals surface area (Å²) >= 11 is 5.94. The number of benzene rings is 2. The van der Waals surface area contributed by atoms with Crippen LogP contribution in [0.2, 0.25) is 5.02 Å². The van der Waals surface area contributed by atoms with Crippen molar-refractivity contribution in [1.29, 1.82) is 0 Å². The summed E-state index contributed by atoms with van der Waals surface area (Å²) in [5.41, 5.74) is 0.0145. The zero-order chi connectivity index (χ0) is 17.0. The van der Waals surface area contributed by atoms with E-state index in [2.05, 4.69) is 5.32 Å². The Bertz CT molecular complexity index is 719. The van der Waals surface area contributed by atoms with E-state index in [0.717, 1.165) is 0 Å². The number of hydrogen-bond donors (Lipinski definition) is 2. The molecule has 0 saturated heterocycles. The van der Waals surface area contributed by atoms with Crippen LogP contribution in [-0.4, -0.2) is 23.7 Å². The van der Waals surface area contributed by atoms with Crippen molar-refractivity contribution < 1.29 is 14.8 Å². The van der Waals surface area contributed by atoms with Crippen molar-refractivity contribution >= 4 is 23.0 Å². The maximum absolute atomic E-state index is 10.9. The molecule has 122 valence electrons. The topological polar surface area (TPSA) is 84.6 Å². The van der Waals surface area contributed by atoms with Crippen LogP contribution >= 0.6 is 11.6 Å². The molecule has 0 saturated carbocycles. The Morgan fingerprint density at radius 2 is 2.09 bits per heavy atom. The van der Waals surface area contributed by atoms with Crippen molar-refractivity contribution in [2.45, 2.75) is 12.5 Å². The first kappa shape index (κ1) is 17.1. The van der Waals surface area contributed by atoms with Crippen LogP contribution in [0.15, 0.2) is 42.5 Å². The van der Waals surface area contributed by atoms with Crippen molar-refractivity contribution in [2.75, 3.05) is 19.0 Å². The number of nitro groups is 1. The molecule has 0 aliphatic heterocycles. The summed E-state index contributed by atoms with van der Waals surface area (Å²) in [6, 6.07) is 11.4. The van der Waals surface area contributed by atoms with Crippen LogP contribution in [0.4, 0.5) is 11.4 Å². The predicted molar refractivity (Wildman–Crippen MR) is 89.2 cm³/mol. The Labute approximate surface area is 138 Å². The van der Waals surface area contributed by atoms with Crippen molar-refractivity contribution in [3.63, 3.8) is 0 Å². The summed E-state index contributed by atoms with van der Waals surface area (Å²) in [4.78, 5) is 10.4. The number of rotatable bonds is 6. The summed E-state index contributed by atoms with van der Waals surface area (Å²) in [6.45, 7) is 1.86. The van der Waals surface area contributed by atoms with E-state index in [4.69, 9.17) is 16.3 Å². The molecule has 0 bridgehead atoms. The zero-order valence-corrected chi connectivity index (χ0v) is 13.5. The largest absolute Gasteiger partial charge is 0.490 e. The molecule has 0 spiro atoms. The second-order valence-corrected chi connectivity index (χ2v) is 5.72. The number of halogens is 1. The van der Waals surface area contributed by atoms with Gasteiger partial charge in [-0.25, -0.2) is 0 Å². The molecule has 0 aliphatic carbocycles. The normalized spacial score (nSPS) is 13.2. The van der Waals surface area contributed by atoms with Crippen LogP contribution in [-0.2, 0) is 5.60 Å². The van der Waals surface area contributed by atoms with Gasteiger partial charge >= 0.3 is 5.69 Å². The first-order valence-corrected chi connectivity index (χ1v) is 7.26. The highest BCUT2D eigenvalue weighted by atomic mass is 35.5.